The number of hydrogen-bond donors (Lipinski definition) is 0. The third-order valence-corrected chi connectivity index (χ3v) is 9.88. The third kappa shape index (κ3) is 4.82. The zero-order chi connectivity index (χ0) is 22.8. The third-order valence-electron chi connectivity index (χ3n) is 6.56. The van der Waals surface area contributed by atoms with Gasteiger partial charge in [0.05, 0.1) is 0 Å². The van der Waals surface area contributed by atoms with Crippen LogP contribution in [0.15, 0.2) is 72.8 Å². The zero-order valence-corrected chi connectivity index (χ0v) is 21.3. The molecular weight excluding hydrogens is 403 g/mol. The molecule has 0 aromatic heterocycles. The molecule has 0 aliphatic carbocycles. The van der Waals surface area contributed by atoms with E-state index in [4.69, 9.17) is 0 Å². The van der Waals surface area contributed by atoms with Crippen LogP contribution in [-0.4, -0.2) is 11.5 Å². The van der Waals surface area contributed by atoms with Crippen LogP contribution in [0.5, 0.6) is 0 Å². The highest BCUT2D eigenvalue weighted by molar-refractivity contribution is 7.60. The summed E-state index contributed by atoms with van der Waals surface area (Å²) >= 11 is 0. The fourth-order valence-corrected chi connectivity index (χ4v) is 8.57. The number of aryl methyl sites for hydroxylation is 4. The highest BCUT2D eigenvalue weighted by Crippen LogP contribution is 2.54. The Morgan fingerprint density at radius 3 is 2.09 bits per heavy atom. The summed E-state index contributed by atoms with van der Waals surface area (Å²) in [6, 6.07) is 25.1. The summed E-state index contributed by atoms with van der Waals surface area (Å²) in [5, 5.41) is 1.58. The van der Waals surface area contributed by atoms with Gasteiger partial charge in [0.25, 0.3) is 0 Å². The molecule has 0 bridgehead atoms. The lowest BCUT2D eigenvalue weighted by atomic mass is 9.92. The molecule has 3 aromatic carbocycles. The molecule has 164 valence electrons. The van der Waals surface area contributed by atoms with Gasteiger partial charge in [-0.2, -0.15) is 0 Å². The maximum Gasteiger partial charge on any atom is 0.152 e. The molecule has 0 spiro atoms. The molecule has 1 heteroatoms. The van der Waals surface area contributed by atoms with Crippen molar-refractivity contribution in [1.29, 1.82) is 0 Å². The Morgan fingerprint density at radius 2 is 1.47 bits per heavy atom. The van der Waals surface area contributed by atoms with Crippen LogP contribution in [0.3, 0.4) is 0 Å². The lowest BCUT2D eigenvalue weighted by molar-refractivity contribution is 0.741. The van der Waals surface area contributed by atoms with Crippen LogP contribution < -0.4 is 0 Å². The van der Waals surface area contributed by atoms with Crippen molar-refractivity contribution in [2.24, 2.45) is 5.92 Å². The topological polar surface area (TPSA) is 0 Å². The summed E-state index contributed by atoms with van der Waals surface area (Å²) in [5.74, 6) is 0.682. The van der Waals surface area contributed by atoms with Gasteiger partial charge in [-0.25, -0.2) is 0 Å². The van der Waals surface area contributed by atoms with Gasteiger partial charge in [0.1, 0.15) is 19.4 Å². The van der Waals surface area contributed by atoms with E-state index >= 15 is 0 Å². The maximum atomic E-state index is 2.56. The van der Waals surface area contributed by atoms with Crippen molar-refractivity contribution in [2.45, 2.75) is 53.6 Å². The van der Waals surface area contributed by atoms with Crippen molar-refractivity contribution in [1.82, 2.24) is 0 Å². The Hall–Kier alpha value is -2.43. The molecule has 1 aliphatic heterocycles. The molecule has 0 saturated carbocycles. The second kappa shape index (κ2) is 9.60. The molecule has 0 radical (unpaired) electrons. The van der Waals surface area contributed by atoms with E-state index < -0.39 is 0 Å². The van der Waals surface area contributed by atoms with Crippen molar-refractivity contribution in [3.8, 4) is 0 Å². The fourth-order valence-electron chi connectivity index (χ4n) is 5.08. The minimum Gasteiger partial charge on any atom is -0.0622 e. The van der Waals surface area contributed by atoms with Crippen LogP contribution in [0, 0.1) is 33.6 Å². The Labute approximate surface area is 195 Å². The number of rotatable bonds is 5. The van der Waals surface area contributed by atoms with Gasteiger partial charge in [0, 0.05) is 17.5 Å². The molecule has 0 fully saturated rings. The quantitative estimate of drug-likeness (QED) is 0.348. The van der Waals surface area contributed by atoms with Gasteiger partial charge in [-0.05, 0) is 62.0 Å². The standard InChI is InChI=1S/C31H36P/c1-21(2)20-32-30(28-14-12-22(3)16-24(28)5)18-27(26-10-8-7-9-11-26)19-31(32)29-15-13-23(4)17-25(29)6/h7-18,21,31H,19-20H2,1-6H3/q+1. The Balaban J connectivity index is 1.98. The van der Waals surface area contributed by atoms with Crippen LogP contribution in [0.25, 0.3) is 5.57 Å². The minimum absolute atomic E-state index is 0.319. The average molecular weight is 440 g/mol. The summed E-state index contributed by atoms with van der Waals surface area (Å²) < 4.78 is 0. The molecule has 0 N–H and O–H groups in total. The summed E-state index contributed by atoms with van der Waals surface area (Å²) in [7, 11) is -0.319. The zero-order valence-electron chi connectivity index (χ0n) is 20.4. The lowest BCUT2D eigenvalue weighted by Gasteiger charge is -2.24. The first kappa shape index (κ1) is 22.8. The van der Waals surface area contributed by atoms with E-state index in [2.05, 4.69) is 114 Å². The van der Waals surface area contributed by atoms with Crippen molar-refractivity contribution in [2.75, 3.05) is 6.16 Å². The highest BCUT2D eigenvalue weighted by Gasteiger charge is 2.37. The monoisotopic (exact) mass is 439 g/mol. The Bertz CT molecular complexity index is 1180. The summed E-state index contributed by atoms with van der Waals surface area (Å²) in [6.07, 6.45) is 4.95. The molecule has 3 aromatic rings. The van der Waals surface area contributed by atoms with E-state index in [1.807, 2.05) is 0 Å². The smallest absolute Gasteiger partial charge is 0.0622 e. The minimum atomic E-state index is -0.319. The van der Waals surface area contributed by atoms with Gasteiger partial charge in [-0.3, -0.25) is 0 Å². The molecule has 1 aliphatic rings. The number of hydrogen-bond acceptors (Lipinski definition) is 0. The average Bonchev–Trinajstić information content (AvgIpc) is 2.75. The van der Waals surface area contributed by atoms with E-state index in [-0.39, 0.29) is 7.55 Å². The first-order chi connectivity index (χ1) is 15.3. The first-order valence-electron chi connectivity index (χ1n) is 11.9. The van der Waals surface area contributed by atoms with Crippen LogP contribution >= 0.6 is 7.55 Å². The van der Waals surface area contributed by atoms with Gasteiger partial charge in [-0.15, -0.1) is 0 Å². The second-order valence-corrected chi connectivity index (χ2v) is 12.3. The van der Waals surface area contributed by atoms with Gasteiger partial charge >= 0.3 is 0 Å². The molecule has 1 heterocycles. The fraction of sp³-hybridized carbons (Fsp3) is 0.323. The van der Waals surface area contributed by atoms with Crippen molar-refractivity contribution in [3.63, 3.8) is 0 Å². The molecule has 2 unspecified atom stereocenters. The molecule has 0 nitrogen and oxygen atoms in total. The number of allylic oxidation sites excluding steroid dienone is 2. The van der Waals surface area contributed by atoms with Crippen molar-refractivity contribution < 1.29 is 0 Å². The first-order valence-corrected chi connectivity index (χ1v) is 13.5. The second-order valence-electron chi connectivity index (χ2n) is 9.87. The van der Waals surface area contributed by atoms with E-state index in [1.54, 1.807) is 10.9 Å². The van der Waals surface area contributed by atoms with Gasteiger partial charge in [-0.1, -0.05) is 91.7 Å². The normalized spacial score (nSPS) is 17.6. The van der Waals surface area contributed by atoms with Crippen LogP contribution in [0.1, 0.15) is 64.9 Å². The van der Waals surface area contributed by atoms with Crippen LogP contribution in [0.4, 0.5) is 0 Å². The Morgan fingerprint density at radius 1 is 0.812 bits per heavy atom. The SMILES string of the molecule is Cc1ccc(C2=[P+](CC(C)C)C(c3ccc(C)cc3C)CC(c3ccccc3)=C2)c(C)c1. The van der Waals surface area contributed by atoms with Crippen molar-refractivity contribution in [3.05, 3.63) is 112 Å². The van der Waals surface area contributed by atoms with Gasteiger partial charge in [0.15, 0.2) is 5.29 Å². The molecule has 0 amide bonds. The van der Waals surface area contributed by atoms with E-state index in [0.29, 0.717) is 11.6 Å². The molecule has 32 heavy (non-hydrogen) atoms. The summed E-state index contributed by atoms with van der Waals surface area (Å²) in [5.41, 5.74) is 11.9. The highest BCUT2D eigenvalue weighted by atomic mass is 31.1. The largest absolute Gasteiger partial charge is 0.152 e. The van der Waals surface area contributed by atoms with Crippen LogP contribution in [-0.2, 0) is 0 Å². The van der Waals surface area contributed by atoms with Crippen molar-refractivity contribution >= 4 is 18.4 Å². The molecule has 0 saturated heterocycles. The van der Waals surface area contributed by atoms with Crippen LogP contribution in [0.2, 0.25) is 0 Å². The molecular formula is C31H36P+. The number of benzene rings is 3. The van der Waals surface area contributed by atoms with E-state index in [9.17, 15) is 0 Å². The predicted molar refractivity (Wildman–Crippen MR) is 144 cm³/mol. The van der Waals surface area contributed by atoms with E-state index in [0.717, 1.165) is 6.42 Å². The van der Waals surface area contributed by atoms with Gasteiger partial charge in [0.2, 0.25) is 0 Å². The molecule has 2 atom stereocenters. The van der Waals surface area contributed by atoms with Gasteiger partial charge < -0.3 is 0 Å². The summed E-state index contributed by atoms with van der Waals surface area (Å²) in [6.45, 7) is 13.8. The summed E-state index contributed by atoms with van der Waals surface area (Å²) in [4.78, 5) is 0. The maximum absolute atomic E-state index is 2.56. The Kier molecular flexibility index (Phi) is 6.82. The lowest BCUT2D eigenvalue weighted by Crippen LogP contribution is -2.14. The molecule has 4 rings (SSSR count). The van der Waals surface area contributed by atoms with E-state index in [1.165, 1.54) is 45.1 Å². The predicted octanol–water partition coefficient (Wildman–Crippen LogP) is 8.81.